The second-order valence-electron chi connectivity index (χ2n) is 4.48. The Morgan fingerprint density at radius 2 is 2.00 bits per heavy atom. The van der Waals surface area contributed by atoms with Crippen molar-refractivity contribution in [1.29, 1.82) is 0 Å². The first-order valence-corrected chi connectivity index (χ1v) is 5.80. The number of hydrogen-bond acceptors (Lipinski definition) is 3. The summed E-state index contributed by atoms with van der Waals surface area (Å²) in [4.78, 5) is 35.2. The van der Waals surface area contributed by atoms with Crippen LogP contribution in [0.3, 0.4) is 0 Å². The fourth-order valence-electron chi connectivity index (χ4n) is 2.18. The zero-order valence-electron chi connectivity index (χ0n) is 10.3. The fourth-order valence-corrected chi connectivity index (χ4v) is 2.18. The van der Waals surface area contributed by atoms with Gasteiger partial charge in [0, 0.05) is 12.2 Å². The van der Waals surface area contributed by atoms with Gasteiger partial charge in [0.05, 0.1) is 5.56 Å². The normalized spacial score (nSPS) is 18.7. The molecule has 0 saturated carbocycles. The van der Waals surface area contributed by atoms with Crippen LogP contribution in [0.1, 0.15) is 22.3 Å². The van der Waals surface area contributed by atoms with Crippen molar-refractivity contribution in [2.45, 2.75) is 13.3 Å². The first-order valence-electron chi connectivity index (χ1n) is 5.80. The molecule has 1 aromatic rings. The molecule has 0 bridgehead atoms. The van der Waals surface area contributed by atoms with Gasteiger partial charge in [-0.1, -0.05) is 6.07 Å². The van der Waals surface area contributed by atoms with E-state index in [0.29, 0.717) is 12.2 Å². The van der Waals surface area contributed by atoms with Gasteiger partial charge < -0.3 is 15.1 Å². The summed E-state index contributed by atoms with van der Waals surface area (Å²) in [5, 5.41) is 17.9. The Bertz CT molecular complexity index is 566. The first kappa shape index (κ1) is 13.1. The number of carbonyl (C=O) groups excluding carboxylic acids is 1. The SMILES string of the molecule is Cc1ccc(C(=O)O)cc1N1CCC(C(=O)O)C1=O. The first-order chi connectivity index (χ1) is 8.91. The molecule has 1 amide bonds. The molecule has 100 valence electrons. The van der Waals surface area contributed by atoms with Crippen LogP contribution in [0.25, 0.3) is 0 Å². The Morgan fingerprint density at radius 3 is 2.53 bits per heavy atom. The van der Waals surface area contributed by atoms with Crippen molar-refractivity contribution >= 4 is 23.5 Å². The van der Waals surface area contributed by atoms with Gasteiger partial charge in [-0.3, -0.25) is 9.59 Å². The molecule has 0 aromatic heterocycles. The van der Waals surface area contributed by atoms with E-state index in [9.17, 15) is 14.4 Å². The standard InChI is InChI=1S/C13H13NO5/c1-7-2-3-8(12(16)17)6-10(7)14-5-4-9(11(14)15)13(18)19/h2-3,6,9H,4-5H2,1H3,(H,16,17)(H,18,19). The van der Waals surface area contributed by atoms with Gasteiger partial charge in [0.15, 0.2) is 0 Å². The van der Waals surface area contributed by atoms with Crippen LogP contribution >= 0.6 is 0 Å². The Morgan fingerprint density at radius 1 is 1.32 bits per heavy atom. The molecule has 1 unspecified atom stereocenters. The van der Waals surface area contributed by atoms with E-state index in [1.54, 1.807) is 13.0 Å². The van der Waals surface area contributed by atoms with Gasteiger partial charge in [0.1, 0.15) is 5.92 Å². The van der Waals surface area contributed by atoms with Crippen molar-refractivity contribution in [2.24, 2.45) is 5.92 Å². The summed E-state index contributed by atoms with van der Waals surface area (Å²) in [6.07, 6.45) is 0.241. The molecular weight excluding hydrogens is 250 g/mol. The van der Waals surface area contributed by atoms with Crippen LogP contribution in [-0.2, 0) is 9.59 Å². The molecule has 1 atom stereocenters. The summed E-state index contributed by atoms with van der Waals surface area (Å²) in [6, 6.07) is 4.47. The van der Waals surface area contributed by atoms with Crippen LogP contribution in [0.2, 0.25) is 0 Å². The summed E-state index contributed by atoms with van der Waals surface area (Å²) < 4.78 is 0. The van der Waals surface area contributed by atoms with Gasteiger partial charge in [-0.2, -0.15) is 0 Å². The quantitative estimate of drug-likeness (QED) is 0.797. The number of carboxylic acid groups (broad SMARTS) is 2. The molecular formula is C13H13NO5. The molecule has 1 heterocycles. The number of anilines is 1. The van der Waals surface area contributed by atoms with E-state index < -0.39 is 23.8 Å². The number of nitrogens with zero attached hydrogens (tertiary/aromatic N) is 1. The van der Waals surface area contributed by atoms with Gasteiger partial charge in [-0.05, 0) is 31.0 Å². The van der Waals surface area contributed by atoms with Crippen LogP contribution in [0, 0.1) is 12.8 Å². The number of aryl methyl sites for hydroxylation is 1. The van der Waals surface area contributed by atoms with Gasteiger partial charge >= 0.3 is 11.9 Å². The van der Waals surface area contributed by atoms with E-state index >= 15 is 0 Å². The maximum atomic E-state index is 12.0. The highest BCUT2D eigenvalue weighted by molar-refractivity contribution is 6.08. The summed E-state index contributed by atoms with van der Waals surface area (Å²) in [7, 11) is 0. The van der Waals surface area contributed by atoms with E-state index in [-0.39, 0.29) is 12.0 Å². The number of aromatic carboxylic acids is 1. The molecule has 0 spiro atoms. The number of carboxylic acids is 2. The molecule has 19 heavy (non-hydrogen) atoms. The van der Waals surface area contributed by atoms with Gasteiger partial charge in [0.2, 0.25) is 5.91 Å². The summed E-state index contributed by atoms with van der Waals surface area (Å²) in [5.74, 6) is -3.74. The predicted molar refractivity (Wildman–Crippen MR) is 66.2 cm³/mol. The fraction of sp³-hybridized carbons (Fsp3) is 0.308. The Balaban J connectivity index is 2.37. The highest BCUT2D eigenvalue weighted by Crippen LogP contribution is 2.29. The number of amides is 1. The van der Waals surface area contributed by atoms with Crippen molar-refractivity contribution in [3.8, 4) is 0 Å². The maximum Gasteiger partial charge on any atom is 0.335 e. The molecule has 1 aromatic carbocycles. The lowest BCUT2D eigenvalue weighted by Crippen LogP contribution is -2.30. The average Bonchev–Trinajstić information content (AvgIpc) is 2.71. The third kappa shape index (κ3) is 2.29. The molecule has 2 N–H and O–H groups in total. The largest absolute Gasteiger partial charge is 0.481 e. The molecule has 6 nitrogen and oxygen atoms in total. The third-order valence-corrected chi connectivity index (χ3v) is 3.25. The molecule has 1 aliphatic heterocycles. The monoisotopic (exact) mass is 263 g/mol. The van der Waals surface area contributed by atoms with Crippen LogP contribution in [-0.4, -0.2) is 34.6 Å². The highest BCUT2D eigenvalue weighted by atomic mass is 16.4. The number of rotatable bonds is 3. The molecule has 1 aliphatic rings. The van der Waals surface area contributed by atoms with Crippen LogP contribution in [0.15, 0.2) is 18.2 Å². The predicted octanol–water partition coefficient (Wildman–Crippen LogP) is 1.13. The lowest BCUT2D eigenvalue weighted by Gasteiger charge is -2.19. The highest BCUT2D eigenvalue weighted by Gasteiger charge is 2.38. The van der Waals surface area contributed by atoms with Crippen LogP contribution in [0.4, 0.5) is 5.69 Å². The zero-order valence-corrected chi connectivity index (χ0v) is 10.3. The van der Waals surface area contributed by atoms with E-state index in [1.165, 1.54) is 17.0 Å². The van der Waals surface area contributed by atoms with E-state index in [4.69, 9.17) is 10.2 Å². The Kier molecular flexibility index (Phi) is 3.25. The summed E-state index contributed by atoms with van der Waals surface area (Å²) in [5.41, 5.74) is 1.28. The second-order valence-corrected chi connectivity index (χ2v) is 4.48. The van der Waals surface area contributed by atoms with Gasteiger partial charge in [0.25, 0.3) is 0 Å². The molecule has 2 rings (SSSR count). The van der Waals surface area contributed by atoms with Crippen molar-refractivity contribution < 1.29 is 24.6 Å². The second kappa shape index (κ2) is 4.72. The molecule has 1 fully saturated rings. The lowest BCUT2D eigenvalue weighted by molar-refractivity contribution is -0.144. The van der Waals surface area contributed by atoms with Crippen molar-refractivity contribution in [1.82, 2.24) is 0 Å². The maximum absolute atomic E-state index is 12.0. The topological polar surface area (TPSA) is 94.9 Å². The van der Waals surface area contributed by atoms with E-state index in [1.807, 2.05) is 0 Å². The minimum atomic E-state index is -1.14. The minimum Gasteiger partial charge on any atom is -0.481 e. The number of hydrogen-bond donors (Lipinski definition) is 2. The molecule has 0 aliphatic carbocycles. The summed E-state index contributed by atoms with van der Waals surface area (Å²) >= 11 is 0. The molecule has 6 heteroatoms. The smallest absolute Gasteiger partial charge is 0.335 e. The molecule has 1 saturated heterocycles. The Hall–Kier alpha value is -2.37. The van der Waals surface area contributed by atoms with Crippen molar-refractivity contribution in [3.63, 3.8) is 0 Å². The summed E-state index contributed by atoms with van der Waals surface area (Å²) in [6.45, 7) is 2.04. The van der Waals surface area contributed by atoms with Crippen molar-refractivity contribution in [3.05, 3.63) is 29.3 Å². The van der Waals surface area contributed by atoms with Crippen molar-refractivity contribution in [2.75, 3.05) is 11.4 Å². The van der Waals surface area contributed by atoms with E-state index in [0.717, 1.165) is 5.56 Å². The van der Waals surface area contributed by atoms with E-state index in [2.05, 4.69) is 0 Å². The Labute approximate surface area is 109 Å². The van der Waals surface area contributed by atoms with Crippen LogP contribution in [0.5, 0.6) is 0 Å². The lowest BCUT2D eigenvalue weighted by atomic mass is 10.1. The van der Waals surface area contributed by atoms with Gasteiger partial charge in [-0.15, -0.1) is 0 Å². The third-order valence-electron chi connectivity index (χ3n) is 3.25. The number of aliphatic carboxylic acids is 1. The average molecular weight is 263 g/mol. The number of carbonyl (C=O) groups is 3. The molecule has 0 radical (unpaired) electrons. The zero-order chi connectivity index (χ0) is 14.2. The number of benzene rings is 1. The van der Waals surface area contributed by atoms with Gasteiger partial charge in [-0.25, -0.2) is 4.79 Å². The minimum absolute atomic E-state index is 0.0761. The van der Waals surface area contributed by atoms with Crippen LogP contribution < -0.4 is 4.90 Å².